The first-order chi connectivity index (χ1) is 7.86. The maximum Gasteiger partial charge on any atom is 0.359 e. The van der Waals surface area contributed by atoms with Crippen molar-refractivity contribution in [3.8, 4) is 5.75 Å². The Bertz CT molecular complexity index is 432. The summed E-state index contributed by atoms with van der Waals surface area (Å²) in [7, 11) is 0. The highest BCUT2D eigenvalue weighted by Gasteiger charge is 2.35. The van der Waals surface area contributed by atoms with Gasteiger partial charge in [-0.15, -0.1) is 0 Å². The van der Waals surface area contributed by atoms with Crippen LogP contribution in [0.2, 0.25) is 0 Å². The molecule has 0 saturated heterocycles. The van der Waals surface area contributed by atoms with E-state index in [-0.39, 0.29) is 17.9 Å². The Morgan fingerprint density at radius 2 is 2.06 bits per heavy atom. The molecule has 0 amide bonds. The maximum atomic E-state index is 13.5. The Morgan fingerprint density at radius 3 is 2.47 bits per heavy atom. The molecule has 0 aliphatic heterocycles. The summed E-state index contributed by atoms with van der Waals surface area (Å²) in [4.78, 5) is 21.1. The van der Waals surface area contributed by atoms with Gasteiger partial charge in [-0.2, -0.15) is 0 Å². The van der Waals surface area contributed by atoms with Gasteiger partial charge < -0.3 is 4.74 Å². The van der Waals surface area contributed by atoms with Crippen LogP contribution in [-0.4, -0.2) is 14.6 Å². The number of halogens is 2. The summed E-state index contributed by atoms with van der Waals surface area (Å²) in [6.45, 7) is 1.52. The average molecular weight is 353 g/mol. The van der Waals surface area contributed by atoms with Gasteiger partial charge in [-0.25, -0.2) is 9.18 Å². The lowest BCUT2D eigenvalue weighted by Crippen LogP contribution is -2.30. The van der Waals surface area contributed by atoms with Crippen molar-refractivity contribution in [1.29, 1.82) is 0 Å². The number of non-ortho nitro benzene ring substituents is 1. The van der Waals surface area contributed by atoms with E-state index >= 15 is 0 Å². The molecule has 92 valence electrons. The van der Waals surface area contributed by atoms with Crippen LogP contribution in [0.25, 0.3) is 0 Å². The van der Waals surface area contributed by atoms with E-state index in [2.05, 4.69) is 0 Å². The van der Waals surface area contributed by atoms with Crippen molar-refractivity contribution in [2.75, 3.05) is 0 Å². The van der Waals surface area contributed by atoms with Gasteiger partial charge in [0.2, 0.25) is 0 Å². The molecule has 1 aromatic carbocycles. The van der Waals surface area contributed by atoms with Gasteiger partial charge in [0.1, 0.15) is 5.75 Å². The predicted molar refractivity (Wildman–Crippen MR) is 66.9 cm³/mol. The largest absolute Gasteiger partial charge is 0.424 e. The molecule has 7 heteroatoms. The lowest BCUT2D eigenvalue weighted by atomic mass is 10.3. The van der Waals surface area contributed by atoms with E-state index in [1.807, 2.05) is 0 Å². The molecule has 1 rings (SSSR count). The number of carbonyl (C=O) groups is 1. The Labute approximate surface area is 110 Å². The quantitative estimate of drug-likeness (QED) is 0.208. The number of esters is 1. The molecule has 0 aromatic heterocycles. The van der Waals surface area contributed by atoms with Crippen LogP contribution in [0.4, 0.5) is 10.1 Å². The molecule has 1 atom stereocenters. The highest BCUT2D eigenvalue weighted by atomic mass is 127. The molecule has 1 unspecified atom stereocenters. The van der Waals surface area contributed by atoms with Crippen molar-refractivity contribution in [2.45, 2.75) is 17.0 Å². The van der Waals surface area contributed by atoms with Crippen LogP contribution in [0.5, 0.6) is 5.75 Å². The van der Waals surface area contributed by atoms with Crippen LogP contribution in [-0.2, 0) is 4.79 Å². The number of nitro groups is 1. The second kappa shape index (κ2) is 5.39. The van der Waals surface area contributed by atoms with E-state index in [4.69, 9.17) is 4.74 Å². The van der Waals surface area contributed by atoms with Crippen LogP contribution in [0.15, 0.2) is 24.3 Å². The fourth-order valence-corrected chi connectivity index (χ4v) is 1.07. The van der Waals surface area contributed by atoms with E-state index in [1.54, 1.807) is 0 Å². The van der Waals surface area contributed by atoms with Gasteiger partial charge in [0.25, 0.3) is 9.36 Å². The molecule has 0 aliphatic carbocycles. The molecule has 0 radical (unpaired) electrons. The van der Waals surface area contributed by atoms with Gasteiger partial charge in [-0.1, -0.05) is 6.92 Å². The number of alkyl halides is 2. The normalized spacial score (nSPS) is 13.8. The fraction of sp³-hybridized carbons (Fsp3) is 0.300. The second-order valence-electron chi connectivity index (χ2n) is 3.20. The Morgan fingerprint density at radius 1 is 1.53 bits per heavy atom. The van der Waals surface area contributed by atoms with Crippen molar-refractivity contribution in [3.63, 3.8) is 0 Å². The zero-order valence-electron chi connectivity index (χ0n) is 8.85. The van der Waals surface area contributed by atoms with E-state index in [0.29, 0.717) is 0 Å². The van der Waals surface area contributed by atoms with E-state index in [1.165, 1.54) is 53.8 Å². The monoisotopic (exact) mass is 353 g/mol. The number of hydrogen-bond acceptors (Lipinski definition) is 4. The second-order valence-corrected chi connectivity index (χ2v) is 4.91. The third kappa shape index (κ3) is 3.62. The predicted octanol–water partition coefficient (Wildman–Crippen LogP) is 3.01. The third-order valence-electron chi connectivity index (χ3n) is 2.00. The van der Waals surface area contributed by atoms with E-state index < -0.39 is 14.6 Å². The summed E-state index contributed by atoms with van der Waals surface area (Å²) >= 11 is 1.36. The molecular formula is C10H9FINO4. The van der Waals surface area contributed by atoms with E-state index in [0.717, 1.165) is 0 Å². The zero-order valence-corrected chi connectivity index (χ0v) is 11.0. The van der Waals surface area contributed by atoms with Crippen molar-refractivity contribution >= 4 is 34.2 Å². The Kier molecular flexibility index (Phi) is 4.38. The van der Waals surface area contributed by atoms with Crippen molar-refractivity contribution in [1.82, 2.24) is 0 Å². The summed E-state index contributed by atoms with van der Waals surface area (Å²) in [6, 6.07) is 4.86. The Balaban J connectivity index is 2.76. The number of carbonyl (C=O) groups excluding carboxylic acids is 1. The minimum atomic E-state index is -2.08. The number of nitro benzene ring substituents is 1. The van der Waals surface area contributed by atoms with Crippen LogP contribution in [0.3, 0.4) is 0 Å². The van der Waals surface area contributed by atoms with Crippen molar-refractivity contribution in [2.24, 2.45) is 0 Å². The minimum absolute atomic E-state index is 0.0145. The number of nitrogens with zero attached hydrogens (tertiary/aromatic N) is 1. The zero-order chi connectivity index (χ0) is 13.1. The SMILES string of the molecule is CCC(F)(I)C(=O)Oc1ccc([N+](=O)[O-])cc1. The van der Waals surface area contributed by atoms with Gasteiger partial charge in [0.15, 0.2) is 0 Å². The minimum Gasteiger partial charge on any atom is -0.424 e. The van der Waals surface area contributed by atoms with Gasteiger partial charge >= 0.3 is 5.97 Å². The first-order valence-corrected chi connectivity index (χ1v) is 5.79. The molecule has 1 aromatic rings. The topological polar surface area (TPSA) is 69.4 Å². The van der Waals surface area contributed by atoms with Gasteiger partial charge in [-0.3, -0.25) is 10.1 Å². The van der Waals surface area contributed by atoms with Crippen LogP contribution < -0.4 is 4.74 Å². The molecule has 0 fully saturated rings. The summed E-state index contributed by atoms with van der Waals surface area (Å²) in [5.74, 6) is -0.942. The fourth-order valence-electron chi connectivity index (χ4n) is 0.962. The standard InChI is InChI=1S/C10H9FINO4/c1-2-10(11,12)9(14)17-8-5-3-7(4-6-8)13(15)16/h3-6H,2H2,1H3. The van der Waals surface area contributed by atoms with Crippen LogP contribution >= 0.6 is 22.6 Å². The van der Waals surface area contributed by atoms with Crippen LogP contribution in [0, 0.1) is 10.1 Å². The number of ether oxygens (including phenoxy) is 1. The lowest BCUT2D eigenvalue weighted by Gasteiger charge is -2.14. The third-order valence-corrected chi connectivity index (χ3v) is 3.20. The first kappa shape index (κ1) is 13.8. The summed E-state index contributed by atoms with van der Waals surface area (Å²) in [5, 5.41) is 10.4. The highest BCUT2D eigenvalue weighted by molar-refractivity contribution is 14.1. The molecular weight excluding hydrogens is 344 g/mol. The molecule has 0 heterocycles. The van der Waals surface area contributed by atoms with Gasteiger partial charge in [-0.05, 0) is 41.1 Å². The number of benzene rings is 1. The maximum absolute atomic E-state index is 13.5. The smallest absolute Gasteiger partial charge is 0.359 e. The lowest BCUT2D eigenvalue weighted by molar-refractivity contribution is -0.384. The summed E-state index contributed by atoms with van der Waals surface area (Å²) < 4.78 is 16.2. The van der Waals surface area contributed by atoms with Crippen molar-refractivity contribution < 1.29 is 18.8 Å². The molecule has 5 nitrogen and oxygen atoms in total. The summed E-state index contributed by atoms with van der Waals surface area (Å²) in [5.41, 5.74) is -0.124. The highest BCUT2D eigenvalue weighted by Crippen LogP contribution is 2.28. The molecule has 0 bridgehead atoms. The average Bonchev–Trinajstić information content (AvgIpc) is 2.29. The molecule has 0 saturated carbocycles. The van der Waals surface area contributed by atoms with Crippen LogP contribution in [0.1, 0.15) is 13.3 Å². The Hall–Kier alpha value is -1.25. The first-order valence-electron chi connectivity index (χ1n) is 4.71. The molecule has 0 N–H and O–H groups in total. The van der Waals surface area contributed by atoms with Gasteiger partial charge in [0, 0.05) is 12.1 Å². The molecule has 0 spiro atoms. The molecule has 0 aliphatic rings. The van der Waals surface area contributed by atoms with Crippen molar-refractivity contribution in [3.05, 3.63) is 34.4 Å². The van der Waals surface area contributed by atoms with E-state index in [9.17, 15) is 19.3 Å². The number of hydrogen-bond donors (Lipinski definition) is 0. The summed E-state index contributed by atoms with van der Waals surface area (Å²) in [6.07, 6.45) is -0.0145. The van der Waals surface area contributed by atoms with Gasteiger partial charge in [0.05, 0.1) is 4.92 Å². The number of rotatable bonds is 4. The molecule has 17 heavy (non-hydrogen) atoms.